The molecule has 0 aliphatic heterocycles. The number of hydrogen-bond donors (Lipinski definition) is 0. The van der Waals surface area contributed by atoms with Crippen molar-refractivity contribution in [3.05, 3.63) is 12.2 Å². The van der Waals surface area contributed by atoms with Gasteiger partial charge in [0.15, 0.2) is 0 Å². The Labute approximate surface area is 88.6 Å². The smallest absolute Gasteiger partial charge is 0.132 e. The number of hydrogen-bond acceptors (Lipinski definition) is 1. The van der Waals surface area contributed by atoms with E-state index in [0.29, 0.717) is 12.2 Å². The predicted molar refractivity (Wildman–Crippen MR) is 62.4 cm³/mol. The van der Waals surface area contributed by atoms with Crippen molar-refractivity contribution in [2.75, 3.05) is 0 Å². The number of unbranched alkanes of at least 4 members (excludes halogenated alkanes) is 2. The highest BCUT2D eigenvalue weighted by Crippen LogP contribution is 2.05. The number of Topliss-reactive ketones (excluding diaryl/α,β-unsaturated/α-hetero) is 1. The zero-order chi connectivity index (χ0) is 10.8. The second-order valence-electron chi connectivity index (χ2n) is 4.24. The van der Waals surface area contributed by atoms with E-state index in [1.165, 1.54) is 6.42 Å². The summed E-state index contributed by atoms with van der Waals surface area (Å²) >= 11 is 0. The molecule has 0 bridgehead atoms. The SMILES string of the molecule is CCC(=O)CCCC/C=C/CC(C)C. The minimum Gasteiger partial charge on any atom is -0.300 e. The van der Waals surface area contributed by atoms with Gasteiger partial charge >= 0.3 is 0 Å². The summed E-state index contributed by atoms with van der Waals surface area (Å²) in [5.74, 6) is 1.16. The van der Waals surface area contributed by atoms with Crippen molar-refractivity contribution < 1.29 is 4.79 Å². The lowest BCUT2D eigenvalue weighted by molar-refractivity contribution is -0.118. The maximum atomic E-state index is 11.0. The third-order valence-corrected chi connectivity index (χ3v) is 2.24. The molecule has 82 valence electrons. The van der Waals surface area contributed by atoms with Gasteiger partial charge in [0.2, 0.25) is 0 Å². The lowest BCUT2D eigenvalue weighted by atomic mass is 10.1. The van der Waals surface area contributed by atoms with Crippen molar-refractivity contribution in [3.8, 4) is 0 Å². The quantitative estimate of drug-likeness (QED) is 0.421. The van der Waals surface area contributed by atoms with Gasteiger partial charge in [0.25, 0.3) is 0 Å². The van der Waals surface area contributed by atoms with Crippen LogP contribution in [0.2, 0.25) is 0 Å². The van der Waals surface area contributed by atoms with Gasteiger partial charge in [0, 0.05) is 12.8 Å². The number of rotatable bonds is 8. The Morgan fingerprint density at radius 3 is 2.50 bits per heavy atom. The molecule has 1 nitrogen and oxygen atoms in total. The van der Waals surface area contributed by atoms with Crippen LogP contribution < -0.4 is 0 Å². The highest BCUT2D eigenvalue weighted by Gasteiger charge is 1.96. The molecule has 1 heteroatoms. The largest absolute Gasteiger partial charge is 0.300 e. The monoisotopic (exact) mass is 196 g/mol. The number of carbonyl (C=O) groups excluding carboxylic acids is 1. The molecular weight excluding hydrogens is 172 g/mol. The van der Waals surface area contributed by atoms with Crippen LogP contribution in [0.25, 0.3) is 0 Å². The van der Waals surface area contributed by atoms with E-state index in [9.17, 15) is 4.79 Å². The fraction of sp³-hybridized carbons (Fsp3) is 0.769. The molecule has 0 saturated carbocycles. The molecule has 0 spiro atoms. The van der Waals surface area contributed by atoms with Gasteiger partial charge < -0.3 is 0 Å². The summed E-state index contributed by atoms with van der Waals surface area (Å²) in [6.45, 7) is 6.39. The average molecular weight is 196 g/mol. The van der Waals surface area contributed by atoms with Gasteiger partial charge in [0.05, 0.1) is 0 Å². The van der Waals surface area contributed by atoms with Gasteiger partial charge in [-0.2, -0.15) is 0 Å². The van der Waals surface area contributed by atoms with E-state index in [4.69, 9.17) is 0 Å². The van der Waals surface area contributed by atoms with Crippen molar-refractivity contribution in [2.45, 2.75) is 59.3 Å². The summed E-state index contributed by atoms with van der Waals surface area (Å²) in [5.41, 5.74) is 0. The zero-order valence-electron chi connectivity index (χ0n) is 9.88. The maximum absolute atomic E-state index is 11.0. The molecule has 0 radical (unpaired) electrons. The molecule has 0 atom stereocenters. The molecule has 0 amide bonds. The zero-order valence-corrected chi connectivity index (χ0v) is 9.88. The Balaban J connectivity index is 3.21. The normalized spacial score (nSPS) is 11.4. The number of allylic oxidation sites excluding steroid dienone is 2. The maximum Gasteiger partial charge on any atom is 0.132 e. The Hall–Kier alpha value is -0.590. The predicted octanol–water partition coefficient (Wildman–Crippen LogP) is 4.13. The lowest BCUT2D eigenvalue weighted by Gasteiger charge is -1.98. The van der Waals surface area contributed by atoms with Crippen LogP contribution in [0.1, 0.15) is 59.3 Å². The Bertz CT molecular complexity index is 168. The molecule has 0 unspecified atom stereocenters. The van der Waals surface area contributed by atoms with Crippen LogP contribution in [0, 0.1) is 5.92 Å². The molecule has 14 heavy (non-hydrogen) atoms. The molecule has 0 N–H and O–H groups in total. The van der Waals surface area contributed by atoms with E-state index in [1.54, 1.807) is 0 Å². The van der Waals surface area contributed by atoms with Crippen LogP contribution in [0.4, 0.5) is 0 Å². The lowest BCUT2D eigenvalue weighted by Crippen LogP contribution is -1.93. The Kier molecular flexibility index (Phi) is 8.61. The molecule has 0 saturated heterocycles. The molecule has 0 aromatic heterocycles. The topological polar surface area (TPSA) is 17.1 Å². The van der Waals surface area contributed by atoms with Crippen LogP contribution in [0.15, 0.2) is 12.2 Å². The molecule has 0 aromatic rings. The van der Waals surface area contributed by atoms with Crippen LogP contribution in [-0.2, 0) is 4.79 Å². The summed E-state index contributed by atoms with van der Waals surface area (Å²) in [4.78, 5) is 11.0. The molecule has 0 aliphatic carbocycles. The van der Waals surface area contributed by atoms with Gasteiger partial charge in [-0.1, -0.05) is 32.9 Å². The van der Waals surface area contributed by atoms with Crippen molar-refractivity contribution in [1.29, 1.82) is 0 Å². The summed E-state index contributed by atoms with van der Waals surface area (Å²) < 4.78 is 0. The van der Waals surface area contributed by atoms with Gasteiger partial charge in [-0.25, -0.2) is 0 Å². The van der Waals surface area contributed by atoms with Crippen LogP contribution in [0.5, 0.6) is 0 Å². The molecule has 0 heterocycles. The first kappa shape index (κ1) is 13.4. The summed E-state index contributed by atoms with van der Waals surface area (Å²) in [5, 5.41) is 0. The standard InChI is InChI=1S/C13H24O/c1-4-13(14)11-9-7-5-6-8-10-12(2)3/h6,8,12H,4-5,7,9-11H2,1-3H3/b8-6+. The minimum atomic E-state index is 0.399. The van der Waals surface area contributed by atoms with Crippen LogP contribution in [-0.4, -0.2) is 5.78 Å². The van der Waals surface area contributed by atoms with Gasteiger partial charge in [-0.15, -0.1) is 0 Å². The van der Waals surface area contributed by atoms with Gasteiger partial charge in [0.1, 0.15) is 5.78 Å². The first-order valence-electron chi connectivity index (χ1n) is 5.83. The van der Waals surface area contributed by atoms with E-state index in [0.717, 1.165) is 31.6 Å². The van der Waals surface area contributed by atoms with Gasteiger partial charge in [-0.3, -0.25) is 4.79 Å². The number of ketones is 1. The fourth-order valence-corrected chi connectivity index (χ4v) is 1.25. The average Bonchev–Trinajstić information content (AvgIpc) is 2.15. The van der Waals surface area contributed by atoms with E-state index in [2.05, 4.69) is 26.0 Å². The minimum absolute atomic E-state index is 0.399. The van der Waals surface area contributed by atoms with Crippen LogP contribution in [0.3, 0.4) is 0 Å². The first-order chi connectivity index (χ1) is 6.66. The summed E-state index contributed by atoms with van der Waals surface area (Å²) in [7, 11) is 0. The highest BCUT2D eigenvalue weighted by molar-refractivity contribution is 5.77. The highest BCUT2D eigenvalue weighted by atomic mass is 16.1. The molecule has 0 aliphatic rings. The van der Waals surface area contributed by atoms with Crippen molar-refractivity contribution in [3.63, 3.8) is 0 Å². The van der Waals surface area contributed by atoms with Gasteiger partial charge in [-0.05, 0) is 31.6 Å². The third kappa shape index (κ3) is 9.50. The van der Waals surface area contributed by atoms with E-state index >= 15 is 0 Å². The Morgan fingerprint density at radius 2 is 1.93 bits per heavy atom. The Morgan fingerprint density at radius 1 is 1.21 bits per heavy atom. The van der Waals surface area contributed by atoms with Crippen molar-refractivity contribution in [1.82, 2.24) is 0 Å². The molecule has 0 fully saturated rings. The van der Waals surface area contributed by atoms with Crippen molar-refractivity contribution >= 4 is 5.78 Å². The van der Waals surface area contributed by atoms with Crippen LogP contribution >= 0.6 is 0 Å². The second kappa shape index (κ2) is 8.98. The second-order valence-corrected chi connectivity index (χ2v) is 4.24. The van der Waals surface area contributed by atoms with E-state index < -0.39 is 0 Å². The first-order valence-corrected chi connectivity index (χ1v) is 5.83. The molecular formula is C13H24O. The molecule has 0 aromatic carbocycles. The van der Waals surface area contributed by atoms with Crippen molar-refractivity contribution in [2.24, 2.45) is 5.92 Å². The van der Waals surface area contributed by atoms with E-state index in [-0.39, 0.29) is 0 Å². The summed E-state index contributed by atoms with van der Waals surface area (Å²) in [6, 6.07) is 0. The summed E-state index contributed by atoms with van der Waals surface area (Å²) in [6.07, 6.45) is 10.5. The van der Waals surface area contributed by atoms with E-state index in [1.807, 2.05) is 6.92 Å². The fourth-order valence-electron chi connectivity index (χ4n) is 1.25. The number of carbonyl (C=O) groups is 1. The molecule has 0 rings (SSSR count). The third-order valence-electron chi connectivity index (χ3n) is 2.24.